The van der Waals surface area contributed by atoms with Crippen molar-refractivity contribution in [2.75, 3.05) is 18.4 Å². The molecule has 0 saturated carbocycles. The summed E-state index contributed by atoms with van der Waals surface area (Å²) in [7, 11) is 0. The van der Waals surface area contributed by atoms with Gasteiger partial charge >= 0.3 is 6.03 Å². The van der Waals surface area contributed by atoms with Gasteiger partial charge in [0, 0.05) is 16.7 Å². The highest BCUT2D eigenvalue weighted by Gasteiger charge is 2.22. The fraction of sp³-hybridized carbons (Fsp3) is 0.417. The van der Waals surface area contributed by atoms with Crippen LogP contribution in [0.1, 0.15) is 12.8 Å². The Morgan fingerprint density at radius 3 is 3.00 bits per heavy atom. The van der Waals surface area contributed by atoms with Crippen LogP contribution in [0.5, 0.6) is 0 Å². The van der Waals surface area contributed by atoms with E-state index in [4.69, 9.17) is 11.6 Å². The van der Waals surface area contributed by atoms with E-state index in [0.29, 0.717) is 23.8 Å². The van der Waals surface area contributed by atoms with Crippen LogP contribution in [0.2, 0.25) is 5.02 Å². The molecule has 1 saturated heterocycles. The third-order valence-electron chi connectivity index (χ3n) is 2.86. The maximum atomic E-state index is 12.0. The van der Waals surface area contributed by atoms with E-state index >= 15 is 0 Å². The van der Waals surface area contributed by atoms with Crippen LogP contribution in [-0.2, 0) is 0 Å². The van der Waals surface area contributed by atoms with Crippen LogP contribution in [0.15, 0.2) is 18.2 Å². The molecule has 6 heteroatoms. The predicted octanol–water partition coefficient (Wildman–Crippen LogP) is 2.93. The number of hydrogen-bond donors (Lipinski definition) is 2. The van der Waals surface area contributed by atoms with Crippen molar-refractivity contribution in [1.29, 1.82) is 0 Å². The minimum Gasteiger partial charge on any atom is -0.391 e. The van der Waals surface area contributed by atoms with Crippen molar-refractivity contribution >= 4 is 45.9 Å². The Balaban J connectivity index is 2.02. The zero-order valence-electron chi connectivity index (χ0n) is 9.70. The topological polar surface area (TPSA) is 52.6 Å². The number of aliphatic hydroxyl groups is 1. The van der Waals surface area contributed by atoms with Crippen LogP contribution >= 0.6 is 34.2 Å². The number of aliphatic hydroxyl groups excluding tert-OH is 1. The molecule has 0 spiro atoms. The van der Waals surface area contributed by atoms with E-state index < -0.39 is 6.10 Å². The van der Waals surface area contributed by atoms with Crippen molar-refractivity contribution in [3.05, 3.63) is 26.8 Å². The highest BCUT2D eigenvalue weighted by molar-refractivity contribution is 14.1. The number of anilines is 1. The van der Waals surface area contributed by atoms with Crippen LogP contribution in [0.25, 0.3) is 0 Å². The van der Waals surface area contributed by atoms with Gasteiger partial charge in [-0.2, -0.15) is 0 Å². The number of carbonyl (C=O) groups is 1. The Labute approximate surface area is 124 Å². The van der Waals surface area contributed by atoms with Crippen molar-refractivity contribution in [2.45, 2.75) is 18.9 Å². The number of rotatable bonds is 1. The van der Waals surface area contributed by atoms with Crippen molar-refractivity contribution < 1.29 is 9.90 Å². The molecule has 0 bridgehead atoms. The second kappa shape index (κ2) is 6.08. The molecule has 0 aromatic heterocycles. The lowest BCUT2D eigenvalue weighted by molar-refractivity contribution is 0.0883. The zero-order valence-corrected chi connectivity index (χ0v) is 12.6. The average molecular weight is 381 g/mol. The van der Waals surface area contributed by atoms with E-state index in [1.807, 2.05) is 6.07 Å². The number of β-amino-alcohol motifs (C(OH)–C–C–N with tert-alkyl or cyclic N) is 1. The molecule has 1 aliphatic heterocycles. The lowest BCUT2D eigenvalue weighted by Gasteiger charge is -2.30. The average Bonchev–Trinajstić information content (AvgIpc) is 2.32. The molecule has 18 heavy (non-hydrogen) atoms. The maximum absolute atomic E-state index is 12.0. The summed E-state index contributed by atoms with van der Waals surface area (Å²) in [6.45, 7) is 1.05. The number of benzene rings is 1. The zero-order chi connectivity index (χ0) is 13.1. The number of urea groups is 1. The first-order chi connectivity index (χ1) is 8.56. The quantitative estimate of drug-likeness (QED) is 0.736. The van der Waals surface area contributed by atoms with Crippen LogP contribution in [0.4, 0.5) is 10.5 Å². The molecule has 2 amide bonds. The first kappa shape index (κ1) is 13.9. The lowest BCUT2D eigenvalue weighted by atomic mass is 10.1. The van der Waals surface area contributed by atoms with E-state index in [1.54, 1.807) is 17.0 Å². The van der Waals surface area contributed by atoms with Crippen LogP contribution < -0.4 is 5.32 Å². The van der Waals surface area contributed by atoms with Gasteiger partial charge in [0.1, 0.15) is 0 Å². The second-order valence-electron chi connectivity index (χ2n) is 4.30. The molecule has 1 aromatic rings. The van der Waals surface area contributed by atoms with Crippen molar-refractivity contribution in [3.63, 3.8) is 0 Å². The molecule has 1 fully saturated rings. The highest BCUT2D eigenvalue weighted by Crippen LogP contribution is 2.24. The normalized spacial score (nSPS) is 19.7. The first-order valence-corrected chi connectivity index (χ1v) is 7.21. The summed E-state index contributed by atoms with van der Waals surface area (Å²) in [5.41, 5.74) is 0.599. The summed E-state index contributed by atoms with van der Waals surface area (Å²) in [5, 5.41) is 12.8. The van der Waals surface area contributed by atoms with Crippen molar-refractivity contribution in [1.82, 2.24) is 4.90 Å². The van der Waals surface area contributed by atoms with Gasteiger partial charge in [0.15, 0.2) is 0 Å². The molecule has 2 rings (SSSR count). The number of carbonyl (C=O) groups excluding carboxylic acids is 1. The molecular weight excluding hydrogens is 367 g/mol. The summed E-state index contributed by atoms with van der Waals surface area (Å²) >= 11 is 8.21. The van der Waals surface area contributed by atoms with Crippen molar-refractivity contribution in [2.24, 2.45) is 0 Å². The molecule has 98 valence electrons. The monoisotopic (exact) mass is 380 g/mol. The highest BCUT2D eigenvalue weighted by atomic mass is 127. The summed E-state index contributed by atoms with van der Waals surface area (Å²) in [6.07, 6.45) is 1.17. The number of nitrogens with zero attached hydrogens (tertiary/aromatic N) is 1. The molecule has 4 nitrogen and oxygen atoms in total. The van der Waals surface area contributed by atoms with E-state index in [1.165, 1.54) is 0 Å². The molecule has 1 unspecified atom stereocenters. The predicted molar refractivity (Wildman–Crippen MR) is 80.0 cm³/mol. The third-order valence-corrected chi connectivity index (χ3v) is 3.84. The van der Waals surface area contributed by atoms with Crippen LogP contribution in [-0.4, -0.2) is 35.2 Å². The number of halogens is 2. The Bertz CT molecular complexity index is 456. The summed E-state index contributed by atoms with van der Waals surface area (Å²) < 4.78 is 1.02. The number of likely N-dealkylation sites (tertiary alicyclic amines) is 1. The Morgan fingerprint density at radius 1 is 1.56 bits per heavy atom. The molecular formula is C12H14ClIN2O2. The molecule has 1 aromatic carbocycles. The molecule has 2 N–H and O–H groups in total. The van der Waals surface area contributed by atoms with Gasteiger partial charge in [-0.3, -0.25) is 0 Å². The SMILES string of the molecule is O=C(Nc1ccc(I)cc1Cl)N1CCCC(O)C1. The largest absolute Gasteiger partial charge is 0.391 e. The summed E-state index contributed by atoms with van der Waals surface area (Å²) in [4.78, 5) is 13.6. The Kier molecular flexibility index (Phi) is 4.69. The molecule has 1 aliphatic rings. The standard InChI is InChI=1S/C12H14ClIN2O2/c13-10-6-8(14)3-4-11(10)15-12(18)16-5-1-2-9(17)7-16/h3-4,6,9,17H,1-2,5,7H2,(H,15,18). The van der Waals surface area contributed by atoms with Gasteiger partial charge < -0.3 is 15.3 Å². The fourth-order valence-corrected chi connectivity index (χ4v) is 2.83. The van der Waals surface area contributed by atoms with Crippen LogP contribution in [0, 0.1) is 3.57 Å². The van der Waals surface area contributed by atoms with Gasteiger partial charge in [-0.1, -0.05) is 11.6 Å². The fourth-order valence-electron chi connectivity index (χ4n) is 1.92. The molecule has 0 radical (unpaired) electrons. The number of nitrogens with one attached hydrogen (secondary N) is 1. The lowest BCUT2D eigenvalue weighted by Crippen LogP contribution is -2.44. The van der Waals surface area contributed by atoms with Gasteiger partial charge in [0.25, 0.3) is 0 Å². The van der Waals surface area contributed by atoms with Gasteiger partial charge in [-0.05, 0) is 53.6 Å². The molecule has 0 aliphatic carbocycles. The molecule has 1 heterocycles. The van der Waals surface area contributed by atoms with E-state index in [-0.39, 0.29) is 6.03 Å². The minimum atomic E-state index is -0.420. The van der Waals surface area contributed by atoms with Gasteiger partial charge in [-0.15, -0.1) is 0 Å². The first-order valence-electron chi connectivity index (χ1n) is 5.75. The van der Waals surface area contributed by atoms with E-state index in [2.05, 4.69) is 27.9 Å². The second-order valence-corrected chi connectivity index (χ2v) is 5.95. The molecule has 1 atom stereocenters. The number of piperidine rings is 1. The minimum absolute atomic E-state index is 0.211. The number of amides is 2. The van der Waals surface area contributed by atoms with Gasteiger partial charge in [-0.25, -0.2) is 4.79 Å². The smallest absolute Gasteiger partial charge is 0.321 e. The summed E-state index contributed by atoms with van der Waals surface area (Å²) in [6, 6.07) is 5.25. The number of hydrogen-bond acceptors (Lipinski definition) is 2. The summed E-state index contributed by atoms with van der Waals surface area (Å²) in [5.74, 6) is 0. The maximum Gasteiger partial charge on any atom is 0.321 e. The third kappa shape index (κ3) is 3.49. The van der Waals surface area contributed by atoms with E-state index in [0.717, 1.165) is 16.4 Å². The Morgan fingerprint density at radius 2 is 2.33 bits per heavy atom. The van der Waals surface area contributed by atoms with E-state index in [9.17, 15) is 9.90 Å². The van der Waals surface area contributed by atoms with Gasteiger partial charge in [0.05, 0.1) is 16.8 Å². The van der Waals surface area contributed by atoms with Crippen LogP contribution in [0.3, 0.4) is 0 Å². The van der Waals surface area contributed by atoms with Gasteiger partial charge in [0.2, 0.25) is 0 Å². The Hall–Kier alpha value is -0.530. The van der Waals surface area contributed by atoms with Crippen molar-refractivity contribution in [3.8, 4) is 0 Å².